The molecular formula is C14H20N4O. The monoisotopic (exact) mass is 260 g/mol. The molecule has 0 saturated carbocycles. The summed E-state index contributed by atoms with van der Waals surface area (Å²) in [7, 11) is 1.74. The highest BCUT2D eigenvalue weighted by Gasteiger charge is 2.15. The lowest BCUT2D eigenvalue weighted by atomic mass is 10.1. The summed E-state index contributed by atoms with van der Waals surface area (Å²) in [6.45, 7) is 5.04. The summed E-state index contributed by atoms with van der Waals surface area (Å²) < 4.78 is 7.28. The highest BCUT2D eigenvalue weighted by molar-refractivity contribution is 5.50. The van der Waals surface area contributed by atoms with Gasteiger partial charge in [-0.05, 0) is 38.5 Å². The maximum atomic E-state index is 5.40. The molecule has 0 bridgehead atoms. The fourth-order valence-electron chi connectivity index (χ4n) is 1.72. The van der Waals surface area contributed by atoms with E-state index in [2.05, 4.69) is 35.4 Å². The molecule has 0 unspecified atom stereocenters. The van der Waals surface area contributed by atoms with Gasteiger partial charge in [-0.25, -0.2) is 0 Å². The van der Waals surface area contributed by atoms with E-state index in [9.17, 15) is 0 Å². The first-order chi connectivity index (χ1) is 9.11. The van der Waals surface area contributed by atoms with Crippen molar-refractivity contribution < 1.29 is 4.74 Å². The van der Waals surface area contributed by atoms with Gasteiger partial charge in [-0.2, -0.15) is 0 Å². The highest BCUT2D eigenvalue weighted by atomic mass is 16.5. The van der Waals surface area contributed by atoms with E-state index in [1.165, 1.54) is 0 Å². The Morgan fingerprint density at radius 3 is 2.68 bits per heavy atom. The van der Waals surface area contributed by atoms with Crippen molar-refractivity contribution in [2.24, 2.45) is 0 Å². The largest absolute Gasteiger partial charge is 0.385 e. The first kappa shape index (κ1) is 13.5. The van der Waals surface area contributed by atoms with E-state index in [1.54, 1.807) is 19.8 Å². The number of methoxy groups -OCH3 is 1. The minimum Gasteiger partial charge on any atom is -0.385 e. The first-order valence-electron chi connectivity index (χ1n) is 6.35. The Bertz CT molecular complexity index is 508. The number of nitrogens with zero attached hydrogens (tertiary/aromatic N) is 3. The second-order valence-corrected chi connectivity index (χ2v) is 5.06. The van der Waals surface area contributed by atoms with Crippen molar-refractivity contribution in [2.45, 2.75) is 25.9 Å². The van der Waals surface area contributed by atoms with Gasteiger partial charge in [0.15, 0.2) is 0 Å². The number of anilines is 1. The SMILES string of the molecule is COC(C)(C)CCNc1cccc(-n2cnnc2)c1. The van der Waals surface area contributed by atoms with E-state index in [0.29, 0.717) is 0 Å². The van der Waals surface area contributed by atoms with Gasteiger partial charge < -0.3 is 10.1 Å². The molecule has 1 aromatic heterocycles. The molecule has 0 fully saturated rings. The van der Waals surface area contributed by atoms with Crippen LogP contribution in [0.1, 0.15) is 20.3 Å². The minimum atomic E-state index is -0.0983. The summed E-state index contributed by atoms with van der Waals surface area (Å²) in [5, 5.41) is 11.0. The zero-order valence-electron chi connectivity index (χ0n) is 11.6. The van der Waals surface area contributed by atoms with Crippen molar-refractivity contribution in [2.75, 3.05) is 19.0 Å². The second-order valence-electron chi connectivity index (χ2n) is 5.06. The molecule has 0 aliphatic heterocycles. The third kappa shape index (κ3) is 3.79. The highest BCUT2D eigenvalue weighted by Crippen LogP contribution is 2.16. The molecule has 0 saturated heterocycles. The third-order valence-electron chi connectivity index (χ3n) is 3.17. The van der Waals surface area contributed by atoms with Crippen LogP contribution in [0.5, 0.6) is 0 Å². The van der Waals surface area contributed by atoms with Gasteiger partial charge in [0.05, 0.1) is 11.3 Å². The predicted molar refractivity (Wildman–Crippen MR) is 75.6 cm³/mol. The average Bonchev–Trinajstić information content (AvgIpc) is 2.93. The van der Waals surface area contributed by atoms with Crippen molar-refractivity contribution >= 4 is 5.69 Å². The van der Waals surface area contributed by atoms with Crippen LogP contribution in [-0.2, 0) is 4.74 Å². The summed E-state index contributed by atoms with van der Waals surface area (Å²) in [4.78, 5) is 0. The zero-order valence-corrected chi connectivity index (χ0v) is 11.6. The van der Waals surface area contributed by atoms with Crippen LogP contribution >= 0.6 is 0 Å². The summed E-state index contributed by atoms with van der Waals surface area (Å²) in [5.41, 5.74) is 2.03. The van der Waals surface area contributed by atoms with Gasteiger partial charge >= 0.3 is 0 Å². The van der Waals surface area contributed by atoms with Gasteiger partial charge in [-0.15, -0.1) is 10.2 Å². The summed E-state index contributed by atoms with van der Waals surface area (Å²) in [6, 6.07) is 8.16. The van der Waals surface area contributed by atoms with Crippen LogP contribution in [0, 0.1) is 0 Å². The number of benzene rings is 1. The maximum Gasteiger partial charge on any atom is 0.123 e. The van der Waals surface area contributed by atoms with Crippen LogP contribution in [-0.4, -0.2) is 34.0 Å². The zero-order chi connectivity index (χ0) is 13.7. The van der Waals surface area contributed by atoms with E-state index >= 15 is 0 Å². The fourth-order valence-corrected chi connectivity index (χ4v) is 1.72. The van der Waals surface area contributed by atoms with E-state index in [1.807, 2.05) is 22.8 Å². The molecule has 0 radical (unpaired) electrons. The minimum absolute atomic E-state index is 0.0983. The summed E-state index contributed by atoms with van der Waals surface area (Å²) >= 11 is 0. The molecule has 0 spiro atoms. The maximum absolute atomic E-state index is 5.40. The van der Waals surface area contributed by atoms with Gasteiger partial charge in [0, 0.05) is 19.3 Å². The standard InChI is InChI=1S/C14H20N4O/c1-14(2,19-3)7-8-15-12-5-4-6-13(9-12)18-10-16-17-11-18/h4-6,9-11,15H,7-8H2,1-3H3. The van der Waals surface area contributed by atoms with Crippen molar-refractivity contribution in [3.63, 3.8) is 0 Å². The number of hydrogen-bond donors (Lipinski definition) is 1. The van der Waals surface area contributed by atoms with Crippen LogP contribution < -0.4 is 5.32 Å². The molecule has 0 atom stereocenters. The van der Waals surface area contributed by atoms with Gasteiger partial charge in [0.1, 0.15) is 12.7 Å². The van der Waals surface area contributed by atoms with Crippen molar-refractivity contribution in [1.82, 2.24) is 14.8 Å². The number of hydrogen-bond acceptors (Lipinski definition) is 4. The molecule has 2 aromatic rings. The molecule has 102 valence electrons. The molecule has 2 rings (SSSR count). The molecule has 19 heavy (non-hydrogen) atoms. The van der Waals surface area contributed by atoms with Crippen LogP contribution in [0.15, 0.2) is 36.9 Å². The van der Waals surface area contributed by atoms with Crippen molar-refractivity contribution in [3.05, 3.63) is 36.9 Å². The third-order valence-corrected chi connectivity index (χ3v) is 3.17. The van der Waals surface area contributed by atoms with Crippen LogP contribution in [0.3, 0.4) is 0 Å². The molecule has 0 aliphatic rings. The first-order valence-corrected chi connectivity index (χ1v) is 6.35. The van der Waals surface area contributed by atoms with Gasteiger partial charge in [-0.3, -0.25) is 4.57 Å². The lowest BCUT2D eigenvalue weighted by Gasteiger charge is -2.23. The van der Waals surface area contributed by atoms with E-state index in [-0.39, 0.29) is 5.60 Å². The Morgan fingerprint density at radius 2 is 2.00 bits per heavy atom. The lowest BCUT2D eigenvalue weighted by molar-refractivity contribution is 0.0185. The average molecular weight is 260 g/mol. The van der Waals surface area contributed by atoms with Crippen molar-refractivity contribution in [1.29, 1.82) is 0 Å². The Morgan fingerprint density at radius 1 is 1.26 bits per heavy atom. The van der Waals surface area contributed by atoms with E-state index in [4.69, 9.17) is 4.74 Å². The van der Waals surface area contributed by atoms with Gasteiger partial charge in [0.2, 0.25) is 0 Å². The molecule has 5 heteroatoms. The smallest absolute Gasteiger partial charge is 0.123 e. The fraction of sp³-hybridized carbons (Fsp3) is 0.429. The molecule has 0 amide bonds. The summed E-state index contributed by atoms with van der Waals surface area (Å²) in [6.07, 6.45) is 4.32. The van der Waals surface area contributed by atoms with E-state index in [0.717, 1.165) is 24.3 Å². The Hall–Kier alpha value is -1.88. The van der Waals surface area contributed by atoms with Crippen LogP contribution in [0.25, 0.3) is 5.69 Å². The molecular weight excluding hydrogens is 240 g/mol. The number of nitrogens with one attached hydrogen (secondary N) is 1. The Balaban J connectivity index is 1.97. The van der Waals surface area contributed by atoms with E-state index < -0.39 is 0 Å². The van der Waals surface area contributed by atoms with Gasteiger partial charge in [-0.1, -0.05) is 6.07 Å². The molecule has 1 aromatic carbocycles. The predicted octanol–water partition coefficient (Wildman–Crippen LogP) is 2.49. The Kier molecular flexibility index (Phi) is 4.16. The lowest BCUT2D eigenvalue weighted by Crippen LogP contribution is -2.25. The molecule has 1 N–H and O–H groups in total. The Labute approximate surface area is 113 Å². The topological polar surface area (TPSA) is 52.0 Å². The normalized spacial score (nSPS) is 11.5. The van der Waals surface area contributed by atoms with Crippen LogP contribution in [0.4, 0.5) is 5.69 Å². The summed E-state index contributed by atoms with van der Waals surface area (Å²) in [5.74, 6) is 0. The molecule has 1 heterocycles. The second kappa shape index (κ2) is 5.84. The molecule has 0 aliphatic carbocycles. The molecule has 5 nitrogen and oxygen atoms in total. The quantitative estimate of drug-likeness (QED) is 0.867. The van der Waals surface area contributed by atoms with Crippen molar-refractivity contribution in [3.8, 4) is 5.69 Å². The number of aromatic nitrogens is 3. The number of ether oxygens (including phenoxy) is 1. The number of rotatable bonds is 6. The van der Waals surface area contributed by atoms with Gasteiger partial charge in [0.25, 0.3) is 0 Å². The van der Waals surface area contributed by atoms with Crippen LogP contribution in [0.2, 0.25) is 0 Å².